The number of methoxy groups -OCH3 is 1. The van der Waals surface area contributed by atoms with Crippen molar-refractivity contribution in [3.8, 4) is 11.6 Å². The summed E-state index contributed by atoms with van der Waals surface area (Å²) in [6.45, 7) is -0.780. The number of nitrogens with two attached hydrogens (primary N) is 1. The van der Waals surface area contributed by atoms with Crippen LogP contribution in [0, 0.1) is 0 Å². The smallest absolute Gasteiger partial charge is 0.495 e. The van der Waals surface area contributed by atoms with E-state index in [0.29, 0.717) is 0 Å². The van der Waals surface area contributed by atoms with E-state index in [4.69, 9.17) is 15.6 Å². The van der Waals surface area contributed by atoms with Gasteiger partial charge in [-0.25, -0.2) is 4.98 Å². The predicted molar refractivity (Wildman–Crippen MR) is 51.3 cm³/mol. The fourth-order valence-electron chi connectivity index (χ4n) is 1.31. The minimum atomic E-state index is -4.86. The summed E-state index contributed by atoms with van der Waals surface area (Å²) in [5.74, 6) is -0.521. The minimum Gasteiger partial charge on any atom is -0.495 e. The quantitative estimate of drug-likeness (QED) is 0.833. The molecule has 0 saturated carbocycles. The zero-order valence-corrected chi connectivity index (χ0v) is 8.91. The van der Waals surface area contributed by atoms with Crippen molar-refractivity contribution < 1.29 is 27.8 Å². The van der Waals surface area contributed by atoms with Crippen molar-refractivity contribution in [2.24, 2.45) is 5.73 Å². The lowest BCUT2D eigenvalue weighted by Gasteiger charge is -2.15. The van der Waals surface area contributed by atoms with Crippen LogP contribution in [-0.4, -0.2) is 23.6 Å². The molecule has 0 amide bonds. The summed E-state index contributed by atoms with van der Waals surface area (Å²) in [4.78, 5) is 3.46. The molecule has 1 heterocycles. The van der Waals surface area contributed by atoms with Crippen LogP contribution in [0.2, 0.25) is 0 Å². The number of rotatable bonds is 4. The van der Waals surface area contributed by atoms with E-state index in [1.165, 1.54) is 7.11 Å². The number of aliphatic hydroxyl groups excluding tert-OH is 1. The van der Waals surface area contributed by atoms with Gasteiger partial charge in [0.2, 0.25) is 5.88 Å². The standard InChI is InChI=1S/C9H11F3N2O3/c1-16-7-3-14-8(17-9(10,11)12)5(2-13)6(7)4-15/h3,15H,2,4,13H2,1H3. The molecule has 1 aromatic heterocycles. The van der Waals surface area contributed by atoms with Gasteiger partial charge in [0.25, 0.3) is 0 Å². The molecule has 0 fully saturated rings. The van der Waals surface area contributed by atoms with Gasteiger partial charge in [-0.05, 0) is 0 Å². The largest absolute Gasteiger partial charge is 0.574 e. The van der Waals surface area contributed by atoms with Crippen LogP contribution in [0.15, 0.2) is 6.20 Å². The first-order chi connectivity index (χ1) is 7.92. The summed E-state index contributed by atoms with van der Waals surface area (Å²) in [7, 11) is 1.31. The van der Waals surface area contributed by atoms with Crippen LogP contribution in [0.25, 0.3) is 0 Å². The molecule has 0 radical (unpaired) electrons. The molecule has 0 saturated heterocycles. The van der Waals surface area contributed by atoms with E-state index in [1.54, 1.807) is 0 Å². The maximum Gasteiger partial charge on any atom is 0.574 e. The van der Waals surface area contributed by atoms with Crippen molar-refractivity contribution in [2.75, 3.05) is 7.11 Å². The number of hydrogen-bond donors (Lipinski definition) is 2. The van der Waals surface area contributed by atoms with Gasteiger partial charge in [-0.2, -0.15) is 0 Å². The Hall–Kier alpha value is -1.54. The number of pyridine rings is 1. The van der Waals surface area contributed by atoms with E-state index in [0.717, 1.165) is 6.20 Å². The molecule has 0 aliphatic rings. The number of halogens is 3. The second-order valence-corrected chi connectivity index (χ2v) is 3.00. The molecular formula is C9H11F3N2O3. The molecule has 0 aliphatic carbocycles. The van der Waals surface area contributed by atoms with Crippen LogP contribution in [0.3, 0.4) is 0 Å². The van der Waals surface area contributed by atoms with Crippen LogP contribution >= 0.6 is 0 Å². The Kier molecular flexibility index (Phi) is 4.13. The average Bonchev–Trinajstić information content (AvgIpc) is 2.26. The fraction of sp³-hybridized carbons (Fsp3) is 0.444. The topological polar surface area (TPSA) is 77.6 Å². The Bertz CT molecular complexity index is 396. The van der Waals surface area contributed by atoms with E-state index in [2.05, 4.69) is 9.72 Å². The van der Waals surface area contributed by atoms with Crippen LogP contribution in [0.4, 0.5) is 13.2 Å². The van der Waals surface area contributed by atoms with Crippen molar-refractivity contribution in [1.29, 1.82) is 0 Å². The predicted octanol–water partition coefficient (Wildman–Crippen LogP) is 0.940. The maximum atomic E-state index is 12.1. The van der Waals surface area contributed by atoms with Crippen LogP contribution in [0.5, 0.6) is 11.6 Å². The van der Waals surface area contributed by atoms with Gasteiger partial charge in [0, 0.05) is 17.7 Å². The molecule has 5 nitrogen and oxygen atoms in total. The minimum absolute atomic E-state index is 0.0378. The van der Waals surface area contributed by atoms with Gasteiger partial charge >= 0.3 is 6.36 Å². The molecule has 0 bridgehead atoms. The highest BCUT2D eigenvalue weighted by molar-refractivity contribution is 5.43. The van der Waals surface area contributed by atoms with E-state index in [-0.39, 0.29) is 23.4 Å². The second kappa shape index (κ2) is 5.19. The van der Waals surface area contributed by atoms with Gasteiger partial charge in [0.15, 0.2) is 0 Å². The molecule has 96 valence electrons. The van der Waals surface area contributed by atoms with Crippen LogP contribution < -0.4 is 15.2 Å². The highest BCUT2D eigenvalue weighted by Gasteiger charge is 2.33. The number of nitrogens with zero attached hydrogens (tertiary/aromatic N) is 1. The molecule has 0 spiro atoms. The lowest BCUT2D eigenvalue weighted by molar-refractivity contribution is -0.276. The van der Waals surface area contributed by atoms with Crippen LogP contribution in [0.1, 0.15) is 11.1 Å². The number of alkyl halides is 3. The van der Waals surface area contributed by atoms with Crippen molar-refractivity contribution >= 4 is 0 Å². The first kappa shape index (κ1) is 13.5. The number of ether oxygens (including phenoxy) is 2. The molecule has 1 rings (SSSR count). The number of hydrogen-bond acceptors (Lipinski definition) is 5. The normalized spacial score (nSPS) is 11.4. The molecule has 0 aromatic carbocycles. The highest BCUT2D eigenvalue weighted by atomic mass is 19.4. The Morgan fingerprint density at radius 1 is 1.41 bits per heavy atom. The van der Waals surface area contributed by atoms with Gasteiger partial charge in [-0.1, -0.05) is 0 Å². The van der Waals surface area contributed by atoms with E-state index < -0.39 is 18.8 Å². The first-order valence-corrected chi connectivity index (χ1v) is 4.54. The highest BCUT2D eigenvalue weighted by Crippen LogP contribution is 2.31. The number of aromatic nitrogens is 1. The first-order valence-electron chi connectivity index (χ1n) is 4.54. The third-order valence-corrected chi connectivity index (χ3v) is 2.01. The molecule has 0 unspecified atom stereocenters. The SMILES string of the molecule is COc1cnc(OC(F)(F)F)c(CN)c1CO. The van der Waals surface area contributed by atoms with E-state index >= 15 is 0 Å². The molecule has 8 heteroatoms. The van der Waals surface area contributed by atoms with Crippen molar-refractivity contribution in [3.05, 3.63) is 17.3 Å². The molecule has 1 aromatic rings. The third kappa shape index (κ3) is 3.21. The Labute approximate surface area is 95.0 Å². The molecule has 3 N–H and O–H groups in total. The van der Waals surface area contributed by atoms with Gasteiger partial charge < -0.3 is 20.3 Å². The zero-order valence-electron chi connectivity index (χ0n) is 8.91. The lowest BCUT2D eigenvalue weighted by atomic mass is 10.1. The van der Waals surface area contributed by atoms with Gasteiger partial charge in [-0.15, -0.1) is 13.2 Å². The Balaban J connectivity index is 3.23. The summed E-state index contributed by atoms with van der Waals surface area (Å²) in [5, 5.41) is 9.08. The molecule has 0 aliphatic heterocycles. The summed E-state index contributed by atoms with van der Waals surface area (Å²) in [6.07, 6.45) is -3.83. The summed E-state index contributed by atoms with van der Waals surface area (Å²) in [5.41, 5.74) is 5.41. The number of aliphatic hydroxyl groups is 1. The summed E-state index contributed by atoms with van der Waals surface area (Å²) >= 11 is 0. The third-order valence-electron chi connectivity index (χ3n) is 2.01. The maximum absolute atomic E-state index is 12.1. The lowest BCUT2D eigenvalue weighted by Crippen LogP contribution is -2.20. The second-order valence-electron chi connectivity index (χ2n) is 3.00. The Morgan fingerprint density at radius 3 is 2.47 bits per heavy atom. The monoisotopic (exact) mass is 252 g/mol. The van der Waals surface area contributed by atoms with Crippen molar-refractivity contribution in [2.45, 2.75) is 19.5 Å². The van der Waals surface area contributed by atoms with Crippen molar-refractivity contribution in [3.63, 3.8) is 0 Å². The van der Waals surface area contributed by atoms with Crippen LogP contribution in [-0.2, 0) is 13.2 Å². The summed E-state index contributed by atoms with van der Waals surface area (Å²) < 4.78 is 44.8. The van der Waals surface area contributed by atoms with E-state index in [1.807, 2.05) is 0 Å². The molecule has 17 heavy (non-hydrogen) atoms. The zero-order chi connectivity index (χ0) is 13.1. The Morgan fingerprint density at radius 2 is 2.06 bits per heavy atom. The fourth-order valence-corrected chi connectivity index (χ4v) is 1.31. The molecular weight excluding hydrogens is 241 g/mol. The summed E-state index contributed by atoms with van der Waals surface area (Å²) in [6, 6.07) is 0. The van der Waals surface area contributed by atoms with Gasteiger partial charge in [-0.3, -0.25) is 0 Å². The van der Waals surface area contributed by atoms with Gasteiger partial charge in [0.05, 0.1) is 19.9 Å². The van der Waals surface area contributed by atoms with Gasteiger partial charge in [0.1, 0.15) is 5.75 Å². The van der Waals surface area contributed by atoms with Crippen molar-refractivity contribution in [1.82, 2.24) is 4.98 Å². The average molecular weight is 252 g/mol. The molecule has 0 atom stereocenters. The van der Waals surface area contributed by atoms with E-state index in [9.17, 15) is 13.2 Å².